The fourth-order valence-corrected chi connectivity index (χ4v) is 3.67. The minimum atomic E-state index is -0.0304. The molecule has 1 fully saturated rings. The fourth-order valence-electron chi connectivity index (χ4n) is 3.67. The van der Waals surface area contributed by atoms with Crippen LogP contribution in [0.2, 0.25) is 0 Å². The van der Waals surface area contributed by atoms with E-state index in [1.165, 1.54) is 19.3 Å². The second-order valence-electron chi connectivity index (χ2n) is 6.80. The first kappa shape index (κ1) is 15.2. The molecule has 4 heterocycles. The Morgan fingerprint density at radius 2 is 1.88 bits per heavy atom. The molecule has 5 nitrogen and oxygen atoms in total. The van der Waals surface area contributed by atoms with Crippen LogP contribution in [0.5, 0.6) is 0 Å². The molecule has 1 aliphatic rings. The maximum Gasteiger partial charge on any atom is 0.193 e. The van der Waals surface area contributed by atoms with Gasteiger partial charge in [-0.3, -0.25) is 4.79 Å². The van der Waals surface area contributed by atoms with Crippen LogP contribution in [0.3, 0.4) is 0 Å². The van der Waals surface area contributed by atoms with Crippen molar-refractivity contribution >= 4 is 22.3 Å². The van der Waals surface area contributed by atoms with Gasteiger partial charge < -0.3 is 13.7 Å². The van der Waals surface area contributed by atoms with Gasteiger partial charge in [0.25, 0.3) is 0 Å². The molecule has 5 rings (SSSR count). The second kappa shape index (κ2) is 6.02. The SMILES string of the molecule is O=c1cc(-c2cn3ccccc3n2)oc2ccc(N3CCCCC3)cc12. The molecule has 0 amide bonds. The first-order valence-corrected chi connectivity index (χ1v) is 9.05. The lowest BCUT2D eigenvalue weighted by atomic mass is 10.1. The lowest BCUT2D eigenvalue weighted by molar-refractivity contribution is 0.577. The third kappa shape index (κ3) is 2.56. The van der Waals surface area contributed by atoms with Crippen LogP contribution in [-0.4, -0.2) is 22.5 Å². The number of piperidine rings is 1. The highest BCUT2D eigenvalue weighted by atomic mass is 16.3. The van der Waals surface area contributed by atoms with Gasteiger partial charge in [-0.2, -0.15) is 0 Å². The van der Waals surface area contributed by atoms with E-state index < -0.39 is 0 Å². The molecule has 0 N–H and O–H groups in total. The van der Waals surface area contributed by atoms with Crippen molar-refractivity contribution in [3.05, 3.63) is 65.1 Å². The van der Waals surface area contributed by atoms with Crippen molar-refractivity contribution in [2.45, 2.75) is 19.3 Å². The van der Waals surface area contributed by atoms with E-state index in [0.29, 0.717) is 22.4 Å². The number of imidazole rings is 1. The minimum absolute atomic E-state index is 0.0304. The van der Waals surface area contributed by atoms with Crippen LogP contribution in [0, 0.1) is 0 Å². The summed E-state index contributed by atoms with van der Waals surface area (Å²) >= 11 is 0. The number of hydrogen-bond donors (Lipinski definition) is 0. The quantitative estimate of drug-likeness (QED) is 0.549. The van der Waals surface area contributed by atoms with E-state index in [9.17, 15) is 4.79 Å². The van der Waals surface area contributed by atoms with E-state index in [2.05, 4.69) is 9.88 Å². The van der Waals surface area contributed by atoms with Gasteiger partial charge in [-0.1, -0.05) is 6.07 Å². The number of fused-ring (bicyclic) bond motifs is 2. The Bertz CT molecular complexity index is 1120. The van der Waals surface area contributed by atoms with E-state index in [1.54, 1.807) is 6.07 Å². The summed E-state index contributed by atoms with van der Waals surface area (Å²) < 4.78 is 7.92. The molecule has 1 aromatic carbocycles. The Balaban J connectivity index is 1.59. The predicted molar refractivity (Wildman–Crippen MR) is 103 cm³/mol. The molecule has 4 aromatic rings. The highest BCUT2D eigenvalue weighted by molar-refractivity contribution is 5.82. The molecular weight excluding hydrogens is 326 g/mol. The van der Waals surface area contributed by atoms with Gasteiger partial charge >= 0.3 is 0 Å². The minimum Gasteiger partial charge on any atom is -0.454 e. The number of hydrogen-bond acceptors (Lipinski definition) is 4. The van der Waals surface area contributed by atoms with Crippen molar-refractivity contribution in [1.82, 2.24) is 9.38 Å². The van der Waals surface area contributed by atoms with Crippen molar-refractivity contribution < 1.29 is 4.42 Å². The predicted octanol–water partition coefficient (Wildman–Crippen LogP) is 4.10. The van der Waals surface area contributed by atoms with Crippen LogP contribution in [0.25, 0.3) is 28.1 Å². The zero-order chi connectivity index (χ0) is 17.5. The Hall–Kier alpha value is -3.08. The zero-order valence-electron chi connectivity index (χ0n) is 14.4. The van der Waals surface area contributed by atoms with Gasteiger partial charge in [0.1, 0.15) is 16.9 Å². The first-order chi connectivity index (χ1) is 12.8. The summed E-state index contributed by atoms with van der Waals surface area (Å²) in [5.41, 5.74) is 3.16. The number of nitrogens with zero attached hydrogens (tertiary/aromatic N) is 3. The third-order valence-corrected chi connectivity index (χ3v) is 5.05. The van der Waals surface area contributed by atoms with Crippen LogP contribution in [0.4, 0.5) is 5.69 Å². The monoisotopic (exact) mass is 345 g/mol. The molecule has 130 valence electrons. The van der Waals surface area contributed by atoms with E-state index in [1.807, 2.05) is 53.2 Å². The molecule has 0 aliphatic carbocycles. The second-order valence-corrected chi connectivity index (χ2v) is 6.80. The first-order valence-electron chi connectivity index (χ1n) is 9.05. The number of aromatic nitrogens is 2. The van der Waals surface area contributed by atoms with Crippen molar-refractivity contribution in [1.29, 1.82) is 0 Å². The fraction of sp³-hybridized carbons (Fsp3) is 0.238. The number of benzene rings is 1. The molecule has 1 saturated heterocycles. The van der Waals surface area contributed by atoms with Gasteiger partial charge in [0, 0.05) is 37.2 Å². The van der Waals surface area contributed by atoms with E-state index in [4.69, 9.17) is 4.42 Å². The topological polar surface area (TPSA) is 50.8 Å². The molecule has 0 saturated carbocycles. The maximum atomic E-state index is 12.7. The van der Waals surface area contributed by atoms with Gasteiger partial charge in [0.15, 0.2) is 11.2 Å². The number of rotatable bonds is 2. The summed E-state index contributed by atoms with van der Waals surface area (Å²) in [7, 11) is 0. The molecule has 0 radical (unpaired) electrons. The van der Waals surface area contributed by atoms with Crippen LogP contribution in [-0.2, 0) is 0 Å². The van der Waals surface area contributed by atoms with Crippen LogP contribution < -0.4 is 10.3 Å². The highest BCUT2D eigenvalue weighted by Crippen LogP contribution is 2.26. The molecule has 0 bridgehead atoms. The molecule has 1 aliphatic heterocycles. The van der Waals surface area contributed by atoms with Crippen molar-refractivity contribution in [2.24, 2.45) is 0 Å². The lowest BCUT2D eigenvalue weighted by Gasteiger charge is -2.28. The van der Waals surface area contributed by atoms with Crippen LogP contribution in [0.1, 0.15) is 19.3 Å². The van der Waals surface area contributed by atoms with Crippen LogP contribution in [0.15, 0.2) is 64.1 Å². The molecular formula is C21H19N3O2. The summed E-state index contributed by atoms with van der Waals surface area (Å²) in [5, 5.41) is 0.626. The smallest absolute Gasteiger partial charge is 0.193 e. The largest absolute Gasteiger partial charge is 0.454 e. The van der Waals surface area contributed by atoms with E-state index >= 15 is 0 Å². The molecule has 3 aromatic heterocycles. The third-order valence-electron chi connectivity index (χ3n) is 5.05. The van der Waals surface area contributed by atoms with E-state index in [0.717, 1.165) is 24.4 Å². The summed E-state index contributed by atoms with van der Waals surface area (Å²) in [4.78, 5) is 19.6. The number of anilines is 1. The van der Waals surface area contributed by atoms with Crippen molar-refractivity contribution in [2.75, 3.05) is 18.0 Å². The van der Waals surface area contributed by atoms with Gasteiger partial charge in [-0.25, -0.2) is 4.98 Å². The summed E-state index contributed by atoms with van der Waals surface area (Å²) in [6, 6.07) is 13.3. The van der Waals surface area contributed by atoms with Gasteiger partial charge in [0.05, 0.1) is 5.39 Å². The number of pyridine rings is 1. The van der Waals surface area contributed by atoms with Gasteiger partial charge in [0.2, 0.25) is 0 Å². The molecule has 5 heteroatoms. The molecule has 0 unspecified atom stereocenters. The average Bonchev–Trinajstić information content (AvgIpc) is 3.13. The summed E-state index contributed by atoms with van der Waals surface area (Å²) in [5.74, 6) is 0.497. The molecule has 0 spiro atoms. The zero-order valence-corrected chi connectivity index (χ0v) is 14.4. The Morgan fingerprint density at radius 1 is 1.00 bits per heavy atom. The van der Waals surface area contributed by atoms with Gasteiger partial charge in [-0.05, 0) is 49.6 Å². The Labute approximate surface area is 150 Å². The normalized spacial score (nSPS) is 15.0. The van der Waals surface area contributed by atoms with Crippen molar-refractivity contribution in [3.63, 3.8) is 0 Å². The Morgan fingerprint density at radius 3 is 2.73 bits per heavy atom. The highest BCUT2D eigenvalue weighted by Gasteiger charge is 2.14. The Kier molecular flexibility index (Phi) is 3.52. The van der Waals surface area contributed by atoms with E-state index in [-0.39, 0.29) is 5.43 Å². The van der Waals surface area contributed by atoms with Crippen LogP contribution >= 0.6 is 0 Å². The molecule has 26 heavy (non-hydrogen) atoms. The lowest BCUT2D eigenvalue weighted by Crippen LogP contribution is -2.29. The maximum absolute atomic E-state index is 12.7. The van der Waals surface area contributed by atoms with Crippen molar-refractivity contribution in [3.8, 4) is 11.5 Å². The summed E-state index contributed by atoms with van der Waals surface area (Å²) in [6.07, 6.45) is 7.50. The standard InChI is InChI=1S/C21H19N3O2/c25-18-13-20(17-14-24-11-5-2-6-21(24)22-17)26-19-8-7-15(12-16(18)19)23-9-3-1-4-10-23/h2,5-8,11-14H,1,3-4,9-10H2. The van der Waals surface area contributed by atoms with Gasteiger partial charge in [-0.15, -0.1) is 0 Å². The average molecular weight is 345 g/mol. The summed E-state index contributed by atoms with van der Waals surface area (Å²) in [6.45, 7) is 2.10. The molecule has 0 atom stereocenters.